The molecule has 0 fully saturated rings. The van der Waals surface area contributed by atoms with E-state index in [0.717, 1.165) is 22.3 Å². The average Bonchev–Trinajstić information content (AvgIpc) is 3.32. The number of benzene rings is 1. The first kappa shape index (κ1) is 17.4. The maximum Gasteiger partial charge on any atom is 0.280 e. The number of nitrogens with zero attached hydrogens (tertiary/aromatic N) is 5. The lowest BCUT2D eigenvalue weighted by Gasteiger charge is -2.18. The zero-order valence-corrected chi connectivity index (χ0v) is 16.0. The van der Waals surface area contributed by atoms with Crippen LogP contribution in [0.5, 0.6) is 0 Å². The van der Waals surface area contributed by atoms with Gasteiger partial charge < -0.3 is 0 Å². The number of hydrogen-bond donors (Lipinski definition) is 0. The number of thiazole rings is 1. The SMILES string of the molecule is CCn1ccc(C(=O)N(Cc2cccnc2)c2nc3ccc(C)cc3s2)n1. The van der Waals surface area contributed by atoms with Crippen LogP contribution in [0.4, 0.5) is 5.13 Å². The van der Waals surface area contributed by atoms with E-state index in [0.29, 0.717) is 17.4 Å². The third-order valence-corrected chi connectivity index (χ3v) is 5.30. The number of fused-ring (bicyclic) bond motifs is 1. The fourth-order valence-electron chi connectivity index (χ4n) is 2.83. The van der Waals surface area contributed by atoms with Crippen LogP contribution < -0.4 is 4.90 Å². The van der Waals surface area contributed by atoms with Crippen LogP contribution in [0.2, 0.25) is 0 Å². The zero-order chi connectivity index (χ0) is 18.8. The molecule has 0 spiro atoms. The highest BCUT2D eigenvalue weighted by atomic mass is 32.1. The highest BCUT2D eigenvalue weighted by molar-refractivity contribution is 7.22. The number of anilines is 1. The van der Waals surface area contributed by atoms with E-state index in [-0.39, 0.29) is 5.91 Å². The second-order valence-corrected chi connectivity index (χ2v) is 7.29. The number of aryl methyl sites for hydroxylation is 2. The summed E-state index contributed by atoms with van der Waals surface area (Å²) < 4.78 is 2.81. The summed E-state index contributed by atoms with van der Waals surface area (Å²) in [6.07, 6.45) is 5.30. The third-order valence-electron chi connectivity index (χ3n) is 4.26. The molecule has 0 aliphatic carbocycles. The van der Waals surface area contributed by atoms with Crippen molar-refractivity contribution in [2.45, 2.75) is 26.9 Å². The topological polar surface area (TPSA) is 63.9 Å². The maximum absolute atomic E-state index is 13.2. The quantitative estimate of drug-likeness (QED) is 0.526. The van der Waals surface area contributed by atoms with Crippen LogP contribution in [-0.4, -0.2) is 25.7 Å². The average molecular weight is 377 g/mol. The van der Waals surface area contributed by atoms with Crippen LogP contribution in [0.25, 0.3) is 10.2 Å². The predicted molar refractivity (Wildman–Crippen MR) is 107 cm³/mol. The smallest absolute Gasteiger partial charge is 0.278 e. The lowest BCUT2D eigenvalue weighted by molar-refractivity contribution is 0.0979. The molecule has 3 heterocycles. The first-order valence-electron chi connectivity index (χ1n) is 8.75. The van der Waals surface area contributed by atoms with Crippen LogP contribution in [0.15, 0.2) is 55.0 Å². The number of aromatic nitrogens is 4. The summed E-state index contributed by atoms with van der Waals surface area (Å²) in [6, 6.07) is 11.7. The van der Waals surface area contributed by atoms with Crippen molar-refractivity contribution in [3.8, 4) is 0 Å². The molecule has 0 atom stereocenters. The largest absolute Gasteiger partial charge is 0.280 e. The molecule has 0 N–H and O–H groups in total. The third kappa shape index (κ3) is 3.59. The van der Waals surface area contributed by atoms with E-state index in [1.807, 2.05) is 37.4 Å². The van der Waals surface area contributed by atoms with Gasteiger partial charge >= 0.3 is 0 Å². The van der Waals surface area contributed by atoms with Gasteiger partial charge in [0.25, 0.3) is 5.91 Å². The fourth-order valence-corrected chi connectivity index (χ4v) is 3.89. The molecule has 0 unspecified atom stereocenters. The molecular weight excluding hydrogens is 358 g/mol. The van der Waals surface area contributed by atoms with Crippen LogP contribution in [-0.2, 0) is 13.1 Å². The van der Waals surface area contributed by atoms with Gasteiger partial charge in [-0.2, -0.15) is 5.10 Å². The summed E-state index contributed by atoms with van der Waals surface area (Å²) in [5, 5.41) is 5.03. The van der Waals surface area contributed by atoms with Crippen LogP contribution in [0.1, 0.15) is 28.5 Å². The van der Waals surface area contributed by atoms with E-state index in [1.54, 1.807) is 28.0 Å². The second-order valence-electron chi connectivity index (χ2n) is 6.28. The number of rotatable bonds is 5. The summed E-state index contributed by atoms with van der Waals surface area (Å²) in [4.78, 5) is 23.8. The normalized spacial score (nSPS) is 11.0. The summed E-state index contributed by atoms with van der Waals surface area (Å²) in [6.45, 7) is 5.15. The molecule has 0 saturated heterocycles. The van der Waals surface area contributed by atoms with Crippen molar-refractivity contribution in [2.24, 2.45) is 0 Å². The first-order chi connectivity index (χ1) is 13.1. The molecule has 0 radical (unpaired) electrons. The lowest BCUT2D eigenvalue weighted by Crippen LogP contribution is -2.30. The van der Waals surface area contributed by atoms with E-state index >= 15 is 0 Å². The van der Waals surface area contributed by atoms with Gasteiger partial charge in [0, 0.05) is 25.1 Å². The van der Waals surface area contributed by atoms with Crippen LogP contribution >= 0.6 is 11.3 Å². The standard InChI is InChI=1S/C20H19N5OS/c1-3-24-10-8-17(23-24)19(26)25(13-15-5-4-9-21-12-15)20-22-16-7-6-14(2)11-18(16)27-20/h4-12H,3,13H2,1-2H3. The minimum atomic E-state index is -0.165. The van der Waals surface area contributed by atoms with E-state index in [4.69, 9.17) is 4.98 Å². The van der Waals surface area contributed by atoms with Crippen LogP contribution in [0, 0.1) is 6.92 Å². The lowest BCUT2D eigenvalue weighted by atomic mass is 10.2. The highest BCUT2D eigenvalue weighted by Crippen LogP contribution is 2.31. The predicted octanol–water partition coefficient (Wildman–Crippen LogP) is 4.06. The van der Waals surface area contributed by atoms with Crippen molar-refractivity contribution in [1.29, 1.82) is 0 Å². The van der Waals surface area contributed by atoms with Gasteiger partial charge in [-0.15, -0.1) is 0 Å². The summed E-state index contributed by atoms with van der Waals surface area (Å²) in [7, 11) is 0. The Hall–Kier alpha value is -3.06. The second kappa shape index (κ2) is 7.28. The Balaban J connectivity index is 1.75. The molecule has 4 rings (SSSR count). The van der Waals surface area contributed by atoms with E-state index in [1.165, 1.54) is 16.9 Å². The molecule has 7 heteroatoms. The van der Waals surface area contributed by atoms with Gasteiger partial charge in [0.1, 0.15) is 0 Å². The molecule has 136 valence electrons. The monoisotopic (exact) mass is 377 g/mol. The Kier molecular flexibility index (Phi) is 4.68. The van der Waals surface area contributed by atoms with Gasteiger partial charge in [-0.1, -0.05) is 23.5 Å². The number of carbonyl (C=O) groups excluding carboxylic acids is 1. The molecule has 0 aliphatic rings. The molecule has 0 aliphatic heterocycles. The van der Waals surface area contributed by atoms with Gasteiger partial charge in [0.05, 0.1) is 16.8 Å². The van der Waals surface area contributed by atoms with Crippen molar-refractivity contribution in [3.63, 3.8) is 0 Å². The Bertz CT molecular complexity index is 1090. The summed E-state index contributed by atoms with van der Waals surface area (Å²) in [5.74, 6) is -0.165. The van der Waals surface area contributed by atoms with Crippen molar-refractivity contribution >= 4 is 32.6 Å². The van der Waals surface area contributed by atoms with Crippen molar-refractivity contribution in [1.82, 2.24) is 19.7 Å². The molecule has 6 nitrogen and oxygen atoms in total. The Labute approximate surface area is 161 Å². The Morgan fingerprint density at radius 2 is 2.15 bits per heavy atom. The van der Waals surface area contributed by atoms with Gasteiger partial charge in [-0.25, -0.2) is 4.98 Å². The first-order valence-corrected chi connectivity index (χ1v) is 9.57. The molecule has 1 amide bonds. The van der Waals surface area contributed by atoms with E-state index in [2.05, 4.69) is 23.1 Å². The molecule has 0 bridgehead atoms. The number of amides is 1. The minimum Gasteiger partial charge on any atom is -0.278 e. The molecule has 4 aromatic rings. The minimum absolute atomic E-state index is 0.165. The number of pyridine rings is 1. The van der Waals surface area contributed by atoms with Crippen molar-refractivity contribution < 1.29 is 4.79 Å². The summed E-state index contributed by atoms with van der Waals surface area (Å²) >= 11 is 1.51. The summed E-state index contributed by atoms with van der Waals surface area (Å²) in [5.41, 5.74) is 3.42. The maximum atomic E-state index is 13.2. The van der Waals surface area contributed by atoms with Gasteiger partial charge in [0.2, 0.25) is 0 Å². The highest BCUT2D eigenvalue weighted by Gasteiger charge is 2.23. The molecule has 27 heavy (non-hydrogen) atoms. The Morgan fingerprint density at radius 3 is 2.89 bits per heavy atom. The fraction of sp³-hybridized carbons (Fsp3) is 0.200. The number of hydrogen-bond acceptors (Lipinski definition) is 5. The van der Waals surface area contributed by atoms with E-state index < -0.39 is 0 Å². The van der Waals surface area contributed by atoms with E-state index in [9.17, 15) is 4.79 Å². The van der Waals surface area contributed by atoms with Gasteiger partial charge in [-0.3, -0.25) is 19.4 Å². The number of carbonyl (C=O) groups is 1. The van der Waals surface area contributed by atoms with Crippen molar-refractivity contribution in [2.75, 3.05) is 4.90 Å². The van der Waals surface area contributed by atoms with Gasteiger partial charge in [-0.05, 0) is 49.2 Å². The van der Waals surface area contributed by atoms with Crippen molar-refractivity contribution in [3.05, 3.63) is 71.8 Å². The molecule has 0 saturated carbocycles. The molecule has 3 aromatic heterocycles. The molecular formula is C20H19N5OS. The van der Waals surface area contributed by atoms with Crippen LogP contribution in [0.3, 0.4) is 0 Å². The van der Waals surface area contributed by atoms with Gasteiger partial charge in [0.15, 0.2) is 10.8 Å². The Morgan fingerprint density at radius 1 is 1.26 bits per heavy atom. The molecule has 1 aromatic carbocycles. The zero-order valence-electron chi connectivity index (χ0n) is 15.2.